The van der Waals surface area contributed by atoms with E-state index in [0.717, 1.165) is 4.57 Å². The van der Waals surface area contributed by atoms with Crippen molar-refractivity contribution in [1.29, 1.82) is 0 Å². The average molecular weight is 212 g/mol. The second-order valence-corrected chi connectivity index (χ2v) is 2.82. The highest BCUT2D eigenvalue weighted by Crippen LogP contribution is 2.06. The van der Waals surface area contributed by atoms with Crippen LogP contribution in [0.2, 0.25) is 0 Å². The highest BCUT2D eigenvalue weighted by Gasteiger charge is 2.20. The second kappa shape index (κ2) is 4.61. The van der Waals surface area contributed by atoms with Crippen molar-refractivity contribution in [3.63, 3.8) is 0 Å². The quantitative estimate of drug-likeness (QED) is 0.735. The molecule has 1 aromatic heterocycles. The van der Waals surface area contributed by atoms with Crippen LogP contribution in [-0.2, 0) is 9.53 Å². The van der Waals surface area contributed by atoms with E-state index in [1.54, 1.807) is 6.92 Å². The fourth-order valence-corrected chi connectivity index (χ4v) is 1.14. The summed E-state index contributed by atoms with van der Waals surface area (Å²) in [4.78, 5) is 22.3. The monoisotopic (exact) mass is 212 g/mol. The van der Waals surface area contributed by atoms with E-state index in [0.29, 0.717) is 0 Å². The number of nitrogens with two attached hydrogens (primary N) is 1. The number of aromatic nitrogens is 1. The van der Waals surface area contributed by atoms with Crippen molar-refractivity contribution < 1.29 is 14.6 Å². The first-order valence-electron chi connectivity index (χ1n) is 4.39. The number of rotatable bonds is 4. The first-order chi connectivity index (χ1) is 7.07. The number of carbonyl (C=O) groups is 1. The minimum absolute atomic E-state index is 0.0107. The SMILES string of the molecule is CCOC(C(=O)O)n1cccc(N)c1=O. The van der Waals surface area contributed by atoms with Gasteiger partial charge in [-0.2, -0.15) is 0 Å². The topological polar surface area (TPSA) is 94.6 Å². The van der Waals surface area contributed by atoms with Crippen LogP contribution in [0.15, 0.2) is 23.1 Å². The van der Waals surface area contributed by atoms with Gasteiger partial charge in [-0.3, -0.25) is 9.36 Å². The average Bonchev–Trinajstić information content (AvgIpc) is 2.19. The Morgan fingerprint density at radius 1 is 1.73 bits per heavy atom. The third-order valence-corrected chi connectivity index (χ3v) is 1.79. The molecule has 0 aromatic carbocycles. The van der Waals surface area contributed by atoms with E-state index in [1.807, 2.05) is 0 Å². The highest BCUT2D eigenvalue weighted by molar-refractivity contribution is 5.70. The lowest BCUT2D eigenvalue weighted by Crippen LogP contribution is -2.32. The molecule has 0 aliphatic carbocycles. The maximum atomic E-state index is 11.5. The number of hydrogen-bond acceptors (Lipinski definition) is 4. The van der Waals surface area contributed by atoms with Crippen LogP contribution >= 0.6 is 0 Å². The maximum Gasteiger partial charge on any atom is 0.354 e. The molecule has 1 unspecified atom stereocenters. The van der Waals surface area contributed by atoms with Gasteiger partial charge >= 0.3 is 5.97 Å². The molecule has 1 heterocycles. The summed E-state index contributed by atoms with van der Waals surface area (Å²) in [7, 11) is 0. The van der Waals surface area contributed by atoms with Crippen molar-refractivity contribution in [2.45, 2.75) is 13.2 Å². The number of nitrogen functional groups attached to an aromatic ring is 1. The number of carboxylic acids is 1. The van der Waals surface area contributed by atoms with E-state index in [4.69, 9.17) is 15.6 Å². The predicted octanol–water partition coefficient (Wildman–Crippen LogP) is 0.0502. The molecule has 0 aliphatic heterocycles. The number of anilines is 1. The zero-order chi connectivity index (χ0) is 11.4. The van der Waals surface area contributed by atoms with Crippen LogP contribution in [0.3, 0.4) is 0 Å². The standard InChI is InChI=1S/C9H12N2O4/c1-2-15-8(9(13)14)11-5-3-4-6(10)7(11)12/h3-5,8H,2,10H2,1H3,(H,13,14). The van der Waals surface area contributed by atoms with E-state index in [1.165, 1.54) is 18.3 Å². The maximum absolute atomic E-state index is 11.5. The molecule has 3 N–H and O–H groups in total. The minimum atomic E-state index is -1.33. The summed E-state index contributed by atoms with van der Waals surface area (Å²) in [6.45, 7) is 1.84. The Labute approximate surface area is 85.9 Å². The Hall–Kier alpha value is -1.82. The van der Waals surface area contributed by atoms with Crippen molar-refractivity contribution in [2.75, 3.05) is 12.3 Å². The summed E-state index contributed by atoms with van der Waals surface area (Å²) in [5.41, 5.74) is 4.79. The smallest absolute Gasteiger partial charge is 0.354 e. The van der Waals surface area contributed by atoms with Crippen molar-refractivity contribution in [1.82, 2.24) is 4.57 Å². The molecule has 82 valence electrons. The van der Waals surface area contributed by atoms with E-state index in [9.17, 15) is 9.59 Å². The molecule has 0 saturated carbocycles. The summed E-state index contributed by atoms with van der Waals surface area (Å²) >= 11 is 0. The number of nitrogens with zero attached hydrogens (tertiary/aromatic N) is 1. The number of aliphatic carboxylic acids is 1. The molecule has 1 atom stereocenters. The van der Waals surface area contributed by atoms with Gasteiger partial charge in [0.05, 0.1) is 5.69 Å². The summed E-state index contributed by atoms with van der Waals surface area (Å²) in [5.74, 6) is -1.23. The predicted molar refractivity (Wildman–Crippen MR) is 53.4 cm³/mol. The van der Waals surface area contributed by atoms with E-state index in [-0.39, 0.29) is 12.3 Å². The van der Waals surface area contributed by atoms with Gasteiger partial charge in [0.25, 0.3) is 5.56 Å². The molecule has 0 saturated heterocycles. The Morgan fingerprint density at radius 2 is 2.40 bits per heavy atom. The fraction of sp³-hybridized carbons (Fsp3) is 0.333. The number of carboxylic acid groups (broad SMARTS) is 1. The zero-order valence-electron chi connectivity index (χ0n) is 8.21. The first kappa shape index (κ1) is 11.3. The molecule has 1 rings (SSSR count). The van der Waals surface area contributed by atoms with Crippen LogP contribution in [0.1, 0.15) is 13.2 Å². The normalized spacial score (nSPS) is 12.3. The first-order valence-corrected chi connectivity index (χ1v) is 4.39. The fourth-order valence-electron chi connectivity index (χ4n) is 1.14. The molecule has 0 amide bonds. The Balaban J connectivity index is 3.17. The summed E-state index contributed by atoms with van der Waals surface area (Å²) in [6, 6.07) is 2.90. The van der Waals surface area contributed by atoms with E-state index in [2.05, 4.69) is 0 Å². The van der Waals surface area contributed by atoms with Gasteiger partial charge < -0.3 is 15.6 Å². The highest BCUT2D eigenvalue weighted by atomic mass is 16.5. The van der Waals surface area contributed by atoms with Crippen LogP contribution in [0.5, 0.6) is 0 Å². The number of pyridine rings is 1. The van der Waals surface area contributed by atoms with Gasteiger partial charge in [0, 0.05) is 12.8 Å². The van der Waals surface area contributed by atoms with Crippen LogP contribution in [0, 0.1) is 0 Å². The van der Waals surface area contributed by atoms with Crippen LogP contribution in [0.25, 0.3) is 0 Å². The zero-order valence-corrected chi connectivity index (χ0v) is 8.21. The third kappa shape index (κ3) is 2.35. The van der Waals surface area contributed by atoms with Crippen molar-refractivity contribution in [3.8, 4) is 0 Å². The van der Waals surface area contributed by atoms with Crippen molar-refractivity contribution in [2.24, 2.45) is 0 Å². The van der Waals surface area contributed by atoms with Gasteiger partial charge in [-0.1, -0.05) is 0 Å². The van der Waals surface area contributed by atoms with Gasteiger partial charge in [0.1, 0.15) is 0 Å². The summed E-state index contributed by atoms with van der Waals surface area (Å²) < 4.78 is 5.88. The lowest BCUT2D eigenvalue weighted by Gasteiger charge is -2.15. The van der Waals surface area contributed by atoms with Gasteiger partial charge in [-0.05, 0) is 19.1 Å². The lowest BCUT2D eigenvalue weighted by molar-refractivity contribution is -0.157. The number of hydrogen-bond donors (Lipinski definition) is 2. The number of ether oxygens (including phenoxy) is 1. The van der Waals surface area contributed by atoms with Crippen molar-refractivity contribution >= 4 is 11.7 Å². The van der Waals surface area contributed by atoms with Gasteiger partial charge in [0.15, 0.2) is 0 Å². The molecule has 0 fully saturated rings. The minimum Gasteiger partial charge on any atom is -0.478 e. The van der Waals surface area contributed by atoms with E-state index >= 15 is 0 Å². The molecule has 6 heteroatoms. The largest absolute Gasteiger partial charge is 0.478 e. The van der Waals surface area contributed by atoms with Crippen molar-refractivity contribution in [3.05, 3.63) is 28.7 Å². The Morgan fingerprint density at radius 3 is 2.93 bits per heavy atom. The molecule has 0 radical (unpaired) electrons. The van der Waals surface area contributed by atoms with Gasteiger partial charge in [-0.25, -0.2) is 4.79 Å². The molecule has 1 aromatic rings. The molecule has 0 bridgehead atoms. The lowest BCUT2D eigenvalue weighted by atomic mass is 10.4. The summed E-state index contributed by atoms with van der Waals surface area (Å²) in [5, 5.41) is 8.85. The second-order valence-electron chi connectivity index (χ2n) is 2.82. The molecular formula is C9H12N2O4. The molecular weight excluding hydrogens is 200 g/mol. The molecule has 0 aliphatic rings. The van der Waals surface area contributed by atoms with Crippen LogP contribution in [-0.4, -0.2) is 22.2 Å². The Kier molecular flexibility index (Phi) is 3.46. The molecule has 15 heavy (non-hydrogen) atoms. The van der Waals surface area contributed by atoms with Crippen LogP contribution < -0.4 is 11.3 Å². The Bertz CT molecular complexity index is 413. The van der Waals surface area contributed by atoms with E-state index < -0.39 is 17.8 Å². The summed E-state index contributed by atoms with van der Waals surface area (Å²) in [6.07, 6.45) is -0.00125. The third-order valence-electron chi connectivity index (χ3n) is 1.79. The van der Waals surface area contributed by atoms with Gasteiger partial charge in [-0.15, -0.1) is 0 Å². The molecule has 0 spiro atoms. The molecule has 6 nitrogen and oxygen atoms in total. The van der Waals surface area contributed by atoms with Crippen LogP contribution in [0.4, 0.5) is 5.69 Å². The van der Waals surface area contributed by atoms with Gasteiger partial charge in [0.2, 0.25) is 6.23 Å².